The van der Waals surface area contributed by atoms with Gasteiger partial charge >= 0.3 is 6.18 Å². The van der Waals surface area contributed by atoms with Crippen LogP contribution in [-0.4, -0.2) is 42.9 Å². The molecule has 1 saturated heterocycles. The van der Waals surface area contributed by atoms with Crippen molar-refractivity contribution in [2.24, 2.45) is 4.99 Å². The zero-order valence-corrected chi connectivity index (χ0v) is 17.8. The van der Waals surface area contributed by atoms with E-state index in [1.807, 2.05) is 0 Å². The molecule has 6 nitrogen and oxygen atoms in total. The third-order valence-electron chi connectivity index (χ3n) is 5.55. The first kappa shape index (κ1) is 22.6. The van der Waals surface area contributed by atoms with E-state index in [1.54, 1.807) is 0 Å². The number of carbonyl (C=O) groups excluding carboxylic acids is 2. The molecule has 11 heteroatoms. The maximum atomic E-state index is 14.2. The van der Waals surface area contributed by atoms with E-state index in [4.69, 9.17) is 28.0 Å². The number of alkyl halides is 3. The van der Waals surface area contributed by atoms with Crippen LogP contribution in [0.2, 0.25) is 10.0 Å². The number of aliphatic imine (C=N–C) groups is 1. The van der Waals surface area contributed by atoms with Gasteiger partial charge in [0.05, 0.1) is 16.6 Å². The molecule has 2 amide bonds. The van der Waals surface area contributed by atoms with Gasteiger partial charge in [-0.3, -0.25) is 19.4 Å². The normalized spacial score (nSPS) is 23.1. The van der Waals surface area contributed by atoms with Gasteiger partial charge in [-0.1, -0.05) is 41.4 Å². The molecule has 2 aliphatic rings. The first-order valence-corrected chi connectivity index (χ1v) is 10.2. The molecule has 2 aromatic rings. The highest BCUT2D eigenvalue weighted by atomic mass is 35.5. The third kappa shape index (κ3) is 4.07. The summed E-state index contributed by atoms with van der Waals surface area (Å²) < 4.78 is 42.5. The number of hydroxylamine groups is 1. The summed E-state index contributed by atoms with van der Waals surface area (Å²) in [5.41, 5.74) is 0.891. The van der Waals surface area contributed by atoms with Crippen molar-refractivity contribution in [3.63, 3.8) is 0 Å². The van der Waals surface area contributed by atoms with Crippen LogP contribution in [0.1, 0.15) is 27.9 Å². The van der Waals surface area contributed by atoms with Crippen LogP contribution in [0.5, 0.6) is 0 Å². The van der Waals surface area contributed by atoms with Crippen molar-refractivity contribution < 1.29 is 27.6 Å². The summed E-state index contributed by atoms with van der Waals surface area (Å²) in [4.78, 5) is 32.7. The van der Waals surface area contributed by atoms with E-state index in [2.05, 4.69) is 15.8 Å². The second kappa shape index (κ2) is 8.38. The van der Waals surface area contributed by atoms with Crippen LogP contribution in [0.3, 0.4) is 0 Å². The summed E-state index contributed by atoms with van der Waals surface area (Å²) in [5.74, 6) is -0.961. The lowest BCUT2D eigenvalue weighted by Gasteiger charge is -2.31. The summed E-state index contributed by atoms with van der Waals surface area (Å²) in [6, 6.07) is 9.07. The fourth-order valence-corrected chi connectivity index (χ4v) is 3.97. The summed E-state index contributed by atoms with van der Waals surface area (Å²) in [5, 5.41) is 2.73. The zero-order chi connectivity index (χ0) is 23.1. The van der Waals surface area contributed by atoms with E-state index in [1.165, 1.54) is 42.5 Å². The van der Waals surface area contributed by atoms with Gasteiger partial charge in [-0.05, 0) is 35.4 Å². The van der Waals surface area contributed by atoms with Gasteiger partial charge < -0.3 is 5.32 Å². The molecule has 0 bridgehead atoms. The number of nitrogens with one attached hydrogen (secondary N) is 2. The molecule has 0 aromatic heterocycles. The fourth-order valence-electron chi connectivity index (χ4n) is 3.67. The molecular weight excluding hydrogens is 470 g/mol. The quantitative estimate of drug-likeness (QED) is 0.690. The first-order valence-electron chi connectivity index (χ1n) is 9.49. The number of nitrogens with zero attached hydrogens (tertiary/aromatic N) is 1. The lowest BCUT2D eigenvalue weighted by molar-refractivity contribution is -0.183. The van der Waals surface area contributed by atoms with Gasteiger partial charge in [0.2, 0.25) is 0 Å². The molecule has 2 heterocycles. The molecule has 2 N–H and O–H groups in total. The van der Waals surface area contributed by atoms with Crippen LogP contribution in [0, 0.1) is 0 Å². The van der Waals surface area contributed by atoms with E-state index < -0.39 is 36.0 Å². The second-order valence-electron chi connectivity index (χ2n) is 7.53. The molecule has 0 radical (unpaired) electrons. The molecule has 168 valence electrons. The summed E-state index contributed by atoms with van der Waals surface area (Å²) in [6.45, 7) is -0.476. The van der Waals surface area contributed by atoms with Gasteiger partial charge in [0.1, 0.15) is 18.1 Å². The van der Waals surface area contributed by atoms with E-state index in [0.717, 1.165) is 0 Å². The van der Waals surface area contributed by atoms with Gasteiger partial charge in [0.15, 0.2) is 0 Å². The van der Waals surface area contributed by atoms with Gasteiger partial charge in [0.25, 0.3) is 11.8 Å². The largest absolute Gasteiger partial charge is 0.400 e. The lowest BCUT2D eigenvalue weighted by atomic mass is 9.76. The SMILES string of the molecule is O=C(NC1CONC1=O)c1ccc(C2=NCC(c3ccc(Cl)c(Cl)c3)(C(F)(F)F)C2)cc1. The van der Waals surface area contributed by atoms with Crippen molar-refractivity contribution in [3.8, 4) is 0 Å². The van der Waals surface area contributed by atoms with Crippen molar-refractivity contribution in [3.05, 3.63) is 69.2 Å². The average Bonchev–Trinajstić information content (AvgIpc) is 3.38. The lowest BCUT2D eigenvalue weighted by Crippen LogP contribution is -2.43. The van der Waals surface area contributed by atoms with Crippen LogP contribution >= 0.6 is 23.2 Å². The molecule has 32 heavy (non-hydrogen) atoms. The molecule has 2 unspecified atom stereocenters. The van der Waals surface area contributed by atoms with Crippen LogP contribution in [0.15, 0.2) is 47.5 Å². The number of halogens is 5. The summed E-state index contributed by atoms with van der Waals surface area (Å²) in [7, 11) is 0. The van der Waals surface area contributed by atoms with Gasteiger partial charge in [-0.15, -0.1) is 0 Å². The molecule has 2 aliphatic heterocycles. The minimum atomic E-state index is -4.57. The fraction of sp³-hybridized carbons (Fsp3) is 0.286. The van der Waals surface area contributed by atoms with E-state index in [9.17, 15) is 22.8 Å². The van der Waals surface area contributed by atoms with E-state index in [0.29, 0.717) is 5.56 Å². The Kier molecular flexibility index (Phi) is 5.91. The number of amides is 2. The summed E-state index contributed by atoms with van der Waals surface area (Å²) >= 11 is 11.8. The van der Waals surface area contributed by atoms with Crippen LogP contribution in [0.4, 0.5) is 13.2 Å². The van der Waals surface area contributed by atoms with Gasteiger partial charge in [-0.2, -0.15) is 13.2 Å². The number of benzene rings is 2. The van der Waals surface area contributed by atoms with E-state index in [-0.39, 0.29) is 39.9 Å². The first-order chi connectivity index (χ1) is 15.1. The predicted molar refractivity (Wildman–Crippen MR) is 112 cm³/mol. The Morgan fingerprint density at radius 3 is 2.47 bits per heavy atom. The Labute approximate surface area is 190 Å². The number of rotatable bonds is 4. The molecule has 0 saturated carbocycles. The smallest absolute Gasteiger partial charge is 0.338 e. The average molecular weight is 486 g/mol. The maximum absolute atomic E-state index is 14.2. The van der Waals surface area contributed by atoms with Gasteiger partial charge in [-0.25, -0.2) is 5.48 Å². The molecule has 4 rings (SSSR count). The Bertz CT molecular complexity index is 1110. The van der Waals surface area contributed by atoms with Crippen molar-refractivity contribution in [2.45, 2.75) is 24.1 Å². The summed E-state index contributed by atoms with van der Waals surface area (Å²) in [6.07, 6.45) is -4.95. The highest BCUT2D eigenvalue weighted by molar-refractivity contribution is 6.42. The number of carbonyl (C=O) groups is 2. The van der Waals surface area contributed by atoms with Crippen molar-refractivity contribution in [2.75, 3.05) is 13.2 Å². The Balaban J connectivity index is 1.54. The molecule has 0 aliphatic carbocycles. The monoisotopic (exact) mass is 485 g/mol. The molecular formula is C21H16Cl2F3N3O3. The second-order valence-corrected chi connectivity index (χ2v) is 8.34. The Hall–Kier alpha value is -2.62. The topological polar surface area (TPSA) is 79.8 Å². The van der Waals surface area contributed by atoms with Crippen LogP contribution in [0.25, 0.3) is 0 Å². The third-order valence-corrected chi connectivity index (χ3v) is 6.29. The molecule has 0 spiro atoms. The molecule has 2 aromatic carbocycles. The minimum Gasteiger partial charge on any atom is -0.338 e. The highest BCUT2D eigenvalue weighted by Gasteiger charge is 2.58. The van der Waals surface area contributed by atoms with Crippen LogP contribution in [-0.2, 0) is 15.0 Å². The number of hydrogen-bond donors (Lipinski definition) is 2. The van der Waals surface area contributed by atoms with Crippen LogP contribution < -0.4 is 10.8 Å². The molecule has 1 fully saturated rings. The Morgan fingerprint density at radius 2 is 1.88 bits per heavy atom. The minimum absolute atomic E-state index is 0.00764. The zero-order valence-electron chi connectivity index (χ0n) is 16.3. The van der Waals surface area contributed by atoms with E-state index >= 15 is 0 Å². The molecule has 2 atom stereocenters. The predicted octanol–water partition coefficient (Wildman–Crippen LogP) is 3.85. The van der Waals surface area contributed by atoms with Crippen molar-refractivity contribution in [1.29, 1.82) is 0 Å². The van der Waals surface area contributed by atoms with Crippen molar-refractivity contribution in [1.82, 2.24) is 10.8 Å². The van der Waals surface area contributed by atoms with Crippen molar-refractivity contribution >= 4 is 40.7 Å². The highest BCUT2D eigenvalue weighted by Crippen LogP contribution is 2.48. The maximum Gasteiger partial charge on any atom is 0.400 e. The number of hydrogen-bond acceptors (Lipinski definition) is 4. The Morgan fingerprint density at radius 1 is 1.16 bits per heavy atom. The van der Waals surface area contributed by atoms with Gasteiger partial charge in [0, 0.05) is 17.7 Å². The standard InChI is InChI=1S/C21H16Cl2F3N3O3/c22-14-6-5-13(7-15(14)23)20(21(24,25)26)8-16(27-10-20)11-1-3-12(4-2-11)18(30)28-17-9-32-29-19(17)31/h1-7,17H,8-10H2,(H,28,30)(H,29,31).